The van der Waals surface area contributed by atoms with Crippen molar-refractivity contribution in [3.63, 3.8) is 0 Å². The van der Waals surface area contributed by atoms with Gasteiger partial charge in [-0.3, -0.25) is 5.84 Å². The lowest BCUT2D eigenvalue weighted by atomic mass is 10.0. The third-order valence-electron chi connectivity index (χ3n) is 4.70. The van der Waals surface area contributed by atoms with Crippen LogP contribution in [-0.4, -0.2) is 41.9 Å². The molecule has 130 valence electrons. The monoisotopic (exact) mass is 349 g/mol. The van der Waals surface area contributed by atoms with E-state index in [4.69, 9.17) is 5.84 Å². The molecule has 1 aromatic heterocycles. The number of nitrogens with zero attached hydrogens (tertiary/aromatic N) is 2. The summed E-state index contributed by atoms with van der Waals surface area (Å²) in [5, 5.41) is 12.6. The first kappa shape index (κ1) is 17.1. The van der Waals surface area contributed by atoms with Gasteiger partial charge in [-0.15, -0.1) is 0 Å². The zero-order chi connectivity index (χ0) is 17.2. The highest BCUT2D eigenvalue weighted by atomic mass is 32.2. The molecule has 0 amide bonds. The summed E-state index contributed by atoms with van der Waals surface area (Å²) < 4.78 is 25.5. The maximum absolute atomic E-state index is 12.7. The molecule has 1 aliphatic rings. The van der Waals surface area contributed by atoms with Crippen LogP contribution in [0.25, 0.3) is 10.8 Å². The fourth-order valence-electron chi connectivity index (χ4n) is 3.39. The summed E-state index contributed by atoms with van der Waals surface area (Å²) in [6, 6.07) is 6.80. The highest BCUT2D eigenvalue weighted by molar-refractivity contribution is 7.91. The van der Waals surface area contributed by atoms with Crippen molar-refractivity contribution in [2.24, 2.45) is 5.84 Å². The lowest BCUT2D eigenvalue weighted by molar-refractivity contribution is 0.142. The van der Waals surface area contributed by atoms with Crippen molar-refractivity contribution >= 4 is 20.6 Å². The van der Waals surface area contributed by atoms with E-state index in [2.05, 4.69) is 4.98 Å². The topological polar surface area (TPSA) is 96.5 Å². The molecular weight excluding hydrogens is 326 g/mol. The third kappa shape index (κ3) is 3.53. The highest BCUT2D eigenvalue weighted by Gasteiger charge is 2.22. The zero-order valence-electron chi connectivity index (χ0n) is 13.6. The van der Waals surface area contributed by atoms with Crippen molar-refractivity contribution in [3.05, 3.63) is 30.5 Å². The number of aromatic hydroxyl groups is 1. The quantitative estimate of drug-likeness (QED) is 0.804. The molecule has 0 radical (unpaired) electrons. The normalized spacial score (nSPS) is 19.6. The van der Waals surface area contributed by atoms with Crippen LogP contribution in [0.4, 0.5) is 0 Å². The summed E-state index contributed by atoms with van der Waals surface area (Å²) in [5.41, 5.74) is 0. The Morgan fingerprint density at radius 3 is 2.88 bits per heavy atom. The molecule has 0 aliphatic carbocycles. The van der Waals surface area contributed by atoms with E-state index in [-0.39, 0.29) is 22.6 Å². The Kier molecular flexibility index (Phi) is 5.03. The number of fused-ring (bicyclic) bond motifs is 1. The summed E-state index contributed by atoms with van der Waals surface area (Å²) in [6.45, 7) is 0.882. The number of pyridine rings is 1. The van der Waals surface area contributed by atoms with Crippen molar-refractivity contribution in [2.45, 2.75) is 43.0 Å². The fourth-order valence-corrected chi connectivity index (χ4v) is 4.95. The van der Waals surface area contributed by atoms with Crippen LogP contribution in [0.15, 0.2) is 35.4 Å². The van der Waals surface area contributed by atoms with Crippen LogP contribution in [0.1, 0.15) is 32.1 Å². The maximum Gasteiger partial charge on any atom is 0.218 e. The molecule has 1 atom stereocenters. The van der Waals surface area contributed by atoms with Crippen molar-refractivity contribution < 1.29 is 13.5 Å². The van der Waals surface area contributed by atoms with Crippen LogP contribution in [0.5, 0.6) is 5.88 Å². The van der Waals surface area contributed by atoms with Crippen LogP contribution in [0.3, 0.4) is 0 Å². The van der Waals surface area contributed by atoms with E-state index in [0.717, 1.165) is 32.2 Å². The second kappa shape index (κ2) is 7.04. The number of nitrogens with two attached hydrogens (primary N) is 1. The van der Waals surface area contributed by atoms with Gasteiger partial charge < -0.3 is 5.11 Å². The van der Waals surface area contributed by atoms with Gasteiger partial charge in [0.1, 0.15) is 0 Å². The Morgan fingerprint density at radius 2 is 2.08 bits per heavy atom. The molecule has 7 heteroatoms. The molecule has 0 saturated carbocycles. The van der Waals surface area contributed by atoms with Crippen molar-refractivity contribution in [2.75, 3.05) is 12.3 Å². The molecule has 2 heterocycles. The van der Waals surface area contributed by atoms with Gasteiger partial charge >= 0.3 is 0 Å². The van der Waals surface area contributed by atoms with Gasteiger partial charge in [-0.1, -0.05) is 12.5 Å². The Hall–Kier alpha value is -1.70. The number of benzene rings is 1. The van der Waals surface area contributed by atoms with Gasteiger partial charge in [-0.05, 0) is 43.9 Å². The van der Waals surface area contributed by atoms with E-state index < -0.39 is 9.84 Å². The average molecular weight is 349 g/mol. The van der Waals surface area contributed by atoms with E-state index in [9.17, 15) is 13.5 Å². The minimum absolute atomic E-state index is 0.0829. The summed E-state index contributed by atoms with van der Waals surface area (Å²) in [6.07, 6.45) is 6.08. The Morgan fingerprint density at radius 1 is 1.25 bits per heavy atom. The molecule has 2 aromatic rings. The lowest BCUT2D eigenvalue weighted by Crippen LogP contribution is -2.44. The molecule has 1 saturated heterocycles. The predicted molar refractivity (Wildman–Crippen MR) is 93.2 cm³/mol. The predicted octanol–water partition coefficient (Wildman–Crippen LogP) is 2.22. The SMILES string of the molecule is NN1CCCCC1CCCS(=O)(=O)c1cccc2c(O)nccc12. The molecule has 3 rings (SSSR count). The molecule has 1 unspecified atom stereocenters. The number of hydrazine groups is 1. The molecule has 6 nitrogen and oxygen atoms in total. The van der Waals surface area contributed by atoms with Crippen molar-refractivity contribution in [3.8, 4) is 5.88 Å². The first-order valence-corrected chi connectivity index (χ1v) is 9.95. The van der Waals surface area contributed by atoms with Crippen LogP contribution in [0, 0.1) is 0 Å². The average Bonchev–Trinajstić information content (AvgIpc) is 2.56. The largest absolute Gasteiger partial charge is 0.493 e. The molecule has 24 heavy (non-hydrogen) atoms. The molecule has 0 spiro atoms. The summed E-state index contributed by atoms with van der Waals surface area (Å²) in [4.78, 5) is 4.06. The van der Waals surface area contributed by atoms with Gasteiger partial charge in [0.15, 0.2) is 9.84 Å². The Bertz CT molecular complexity index is 823. The number of hydrogen-bond donors (Lipinski definition) is 2. The van der Waals surface area contributed by atoms with E-state index in [1.165, 1.54) is 6.20 Å². The standard InChI is InChI=1S/C17H23N3O3S/c18-20-11-2-1-5-13(20)6-4-12-24(22,23)16-8-3-7-15-14(16)9-10-19-17(15)21/h3,7-10,13H,1-2,4-6,11-12,18H2,(H,19,21). The Labute approximate surface area is 142 Å². The highest BCUT2D eigenvalue weighted by Crippen LogP contribution is 2.29. The number of sulfone groups is 1. The number of hydrogen-bond acceptors (Lipinski definition) is 6. The minimum Gasteiger partial charge on any atom is -0.493 e. The van der Waals surface area contributed by atoms with Crippen LogP contribution in [0.2, 0.25) is 0 Å². The molecule has 1 aromatic carbocycles. The van der Waals surface area contributed by atoms with Gasteiger partial charge in [0.25, 0.3) is 0 Å². The van der Waals surface area contributed by atoms with E-state index in [1.54, 1.807) is 24.3 Å². The number of piperidine rings is 1. The van der Waals surface area contributed by atoms with E-state index >= 15 is 0 Å². The van der Waals surface area contributed by atoms with Crippen molar-refractivity contribution in [1.82, 2.24) is 9.99 Å². The first-order chi connectivity index (χ1) is 11.5. The van der Waals surface area contributed by atoms with Gasteiger partial charge in [0, 0.05) is 29.6 Å². The van der Waals surface area contributed by atoms with E-state index in [1.807, 2.05) is 5.01 Å². The maximum atomic E-state index is 12.7. The molecule has 1 fully saturated rings. The Balaban J connectivity index is 1.75. The van der Waals surface area contributed by atoms with Crippen LogP contribution >= 0.6 is 0 Å². The van der Waals surface area contributed by atoms with Gasteiger partial charge in [0.05, 0.1) is 10.6 Å². The fraction of sp³-hybridized carbons (Fsp3) is 0.471. The molecular formula is C17H23N3O3S. The molecule has 1 aliphatic heterocycles. The minimum atomic E-state index is -3.42. The first-order valence-electron chi connectivity index (χ1n) is 8.30. The molecule has 3 N–H and O–H groups in total. The van der Waals surface area contributed by atoms with Gasteiger partial charge in [-0.25, -0.2) is 18.4 Å². The summed E-state index contributed by atoms with van der Waals surface area (Å²) >= 11 is 0. The summed E-state index contributed by atoms with van der Waals surface area (Å²) in [5.74, 6) is 5.92. The lowest BCUT2D eigenvalue weighted by Gasteiger charge is -2.31. The number of rotatable bonds is 5. The van der Waals surface area contributed by atoms with Crippen molar-refractivity contribution in [1.29, 1.82) is 0 Å². The van der Waals surface area contributed by atoms with E-state index in [0.29, 0.717) is 17.2 Å². The second-order valence-electron chi connectivity index (χ2n) is 6.33. The van der Waals surface area contributed by atoms with Gasteiger partial charge in [0.2, 0.25) is 5.88 Å². The van der Waals surface area contributed by atoms with Gasteiger partial charge in [-0.2, -0.15) is 0 Å². The van der Waals surface area contributed by atoms with Crippen LogP contribution in [-0.2, 0) is 9.84 Å². The second-order valence-corrected chi connectivity index (χ2v) is 8.41. The molecule has 0 bridgehead atoms. The smallest absolute Gasteiger partial charge is 0.218 e. The van der Waals surface area contributed by atoms with Crippen LogP contribution < -0.4 is 5.84 Å². The zero-order valence-corrected chi connectivity index (χ0v) is 14.4. The summed E-state index contributed by atoms with van der Waals surface area (Å²) in [7, 11) is -3.42. The number of aromatic nitrogens is 1. The third-order valence-corrected chi connectivity index (χ3v) is 6.56.